The Labute approximate surface area is 245 Å². The van der Waals surface area contributed by atoms with Gasteiger partial charge in [-0.25, -0.2) is 0 Å². The number of hydrogen-bond acceptors (Lipinski definition) is 5. The maximum atomic E-state index is 11.9. The number of fused-ring (bicyclic) bond motifs is 4. The van der Waals surface area contributed by atoms with E-state index in [0.29, 0.717) is 16.7 Å². The van der Waals surface area contributed by atoms with Crippen LogP contribution in [0.25, 0.3) is 0 Å². The molecule has 1 saturated heterocycles. The van der Waals surface area contributed by atoms with E-state index in [9.17, 15) is 9.90 Å². The molecule has 0 radical (unpaired) electrons. The molecule has 228 valence electrons. The predicted octanol–water partition coefficient (Wildman–Crippen LogP) is 6.69. The van der Waals surface area contributed by atoms with Crippen molar-refractivity contribution in [1.29, 1.82) is 0 Å². The Morgan fingerprint density at radius 1 is 0.925 bits per heavy atom. The van der Waals surface area contributed by atoms with Gasteiger partial charge in [-0.05, 0) is 105 Å². The number of esters is 1. The fourth-order valence-electron chi connectivity index (χ4n) is 11.2. The molecule has 0 aromatic heterocycles. The van der Waals surface area contributed by atoms with Crippen molar-refractivity contribution in [2.75, 3.05) is 45.9 Å². The molecular formula is C35H60N2O3. The first-order chi connectivity index (χ1) is 18.9. The third-order valence-electron chi connectivity index (χ3n) is 13.8. The quantitative estimate of drug-likeness (QED) is 0.267. The summed E-state index contributed by atoms with van der Waals surface area (Å²) < 4.78 is 5.90. The van der Waals surface area contributed by atoms with Gasteiger partial charge in [0.05, 0.1) is 6.61 Å². The van der Waals surface area contributed by atoms with E-state index >= 15 is 0 Å². The molecule has 1 aliphatic heterocycles. The van der Waals surface area contributed by atoms with Gasteiger partial charge in [0.15, 0.2) is 0 Å². The van der Waals surface area contributed by atoms with Gasteiger partial charge in [0.2, 0.25) is 0 Å². The summed E-state index contributed by atoms with van der Waals surface area (Å²) in [4.78, 5) is 16.9. The Hall–Kier alpha value is -0.910. The fourth-order valence-corrected chi connectivity index (χ4v) is 11.2. The highest BCUT2D eigenvalue weighted by Gasteiger charge is 2.63. The lowest BCUT2D eigenvalue weighted by Gasteiger charge is -2.62. The Kier molecular flexibility index (Phi) is 8.63. The second kappa shape index (κ2) is 11.3. The van der Waals surface area contributed by atoms with Gasteiger partial charge in [0, 0.05) is 45.1 Å². The molecule has 2 saturated carbocycles. The molecular weight excluding hydrogens is 496 g/mol. The molecule has 4 aliphatic carbocycles. The fraction of sp³-hybridized carbons (Fsp3) is 0.914. The average Bonchev–Trinajstić information content (AvgIpc) is 3.18. The van der Waals surface area contributed by atoms with E-state index in [1.54, 1.807) is 6.92 Å². The number of hydrogen-bond donors (Lipinski definition) is 1. The van der Waals surface area contributed by atoms with E-state index in [2.05, 4.69) is 51.3 Å². The third kappa shape index (κ3) is 5.02. The molecule has 0 aromatic rings. The van der Waals surface area contributed by atoms with Crippen LogP contribution in [-0.4, -0.2) is 72.9 Å². The Morgan fingerprint density at radius 3 is 2.25 bits per heavy atom. The number of nitrogens with zero attached hydrogens (tertiary/aromatic N) is 2. The van der Waals surface area contributed by atoms with Crippen LogP contribution >= 0.6 is 0 Å². The number of aliphatic hydroxyl groups excluding tert-OH is 1. The second-order valence-electron chi connectivity index (χ2n) is 15.8. The first-order valence-corrected chi connectivity index (χ1v) is 16.8. The van der Waals surface area contributed by atoms with Crippen LogP contribution in [-0.2, 0) is 9.53 Å². The summed E-state index contributed by atoms with van der Waals surface area (Å²) in [6, 6.07) is 0. The van der Waals surface area contributed by atoms with Crippen molar-refractivity contribution < 1.29 is 14.6 Å². The molecule has 0 aromatic carbocycles. The maximum absolute atomic E-state index is 11.9. The maximum Gasteiger partial charge on any atom is 0.302 e. The van der Waals surface area contributed by atoms with Crippen molar-refractivity contribution in [2.24, 2.45) is 39.4 Å². The number of allylic oxidation sites excluding steroid dienone is 2. The van der Waals surface area contributed by atoms with Crippen LogP contribution in [0, 0.1) is 39.4 Å². The number of rotatable bonds is 8. The first-order valence-electron chi connectivity index (χ1n) is 16.8. The number of aliphatic hydroxyl groups is 1. The lowest BCUT2D eigenvalue weighted by atomic mass is 9.43. The molecule has 1 N–H and O–H groups in total. The monoisotopic (exact) mass is 556 g/mol. The normalized spacial score (nSPS) is 40.8. The highest BCUT2D eigenvalue weighted by Crippen LogP contribution is 2.72. The summed E-state index contributed by atoms with van der Waals surface area (Å²) in [5.41, 5.74) is 4.71. The molecule has 0 spiro atoms. The summed E-state index contributed by atoms with van der Waals surface area (Å²) >= 11 is 0. The van der Waals surface area contributed by atoms with Gasteiger partial charge in [-0.15, -0.1) is 0 Å². The number of ether oxygens (including phenoxy) is 1. The van der Waals surface area contributed by atoms with Gasteiger partial charge in [0.25, 0.3) is 0 Å². The molecule has 0 amide bonds. The van der Waals surface area contributed by atoms with Gasteiger partial charge in [-0.2, -0.15) is 0 Å². The lowest BCUT2D eigenvalue weighted by Crippen LogP contribution is -2.55. The molecule has 7 atom stereocenters. The molecule has 0 unspecified atom stereocenters. The minimum atomic E-state index is -0.120. The largest absolute Gasteiger partial charge is 0.462 e. The van der Waals surface area contributed by atoms with E-state index in [4.69, 9.17) is 4.74 Å². The topological polar surface area (TPSA) is 53.0 Å². The smallest absolute Gasteiger partial charge is 0.302 e. The van der Waals surface area contributed by atoms with Crippen LogP contribution in [0.1, 0.15) is 113 Å². The van der Waals surface area contributed by atoms with Crippen molar-refractivity contribution in [3.63, 3.8) is 0 Å². The summed E-state index contributed by atoms with van der Waals surface area (Å²) in [7, 11) is 0. The number of piperazine rings is 1. The van der Waals surface area contributed by atoms with E-state index in [1.165, 1.54) is 64.3 Å². The Morgan fingerprint density at radius 2 is 1.60 bits per heavy atom. The van der Waals surface area contributed by atoms with Crippen molar-refractivity contribution in [3.05, 3.63) is 11.1 Å². The van der Waals surface area contributed by atoms with Crippen LogP contribution in [0.3, 0.4) is 0 Å². The average molecular weight is 557 g/mol. The van der Waals surface area contributed by atoms with Crippen molar-refractivity contribution in [3.8, 4) is 0 Å². The van der Waals surface area contributed by atoms with E-state index < -0.39 is 0 Å². The van der Waals surface area contributed by atoms with Crippen molar-refractivity contribution >= 4 is 5.97 Å². The van der Waals surface area contributed by atoms with E-state index in [-0.39, 0.29) is 29.5 Å². The molecule has 40 heavy (non-hydrogen) atoms. The number of carbonyl (C=O) groups excluding carboxylic acids is 1. The van der Waals surface area contributed by atoms with Crippen LogP contribution in [0.2, 0.25) is 0 Å². The summed E-state index contributed by atoms with van der Waals surface area (Å²) in [5.74, 6) is 2.08. The Bertz CT molecular complexity index is 968. The van der Waals surface area contributed by atoms with Gasteiger partial charge < -0.3 is 14.7 Å². The molecule has 5 nitrogen and oxygen atoms in total. The summed E-state index contributed by atoms with van der Waals surface area (Å²) in [6.07, 6.45) is 12.8. The van der Waals surface area contributed by atoms with Gasteiger partial charge in [-0.1, -0.05) is 52.7 Å². The van der Waals surface area contributed by atoms with Crippen molar-refractivity contribution in [1.82, 2.24) is 9.80 Å². The van der Waals surface area contributed by atoms with Gasteiger partial charge in [-0.3, -0.25) is 9.69 Å². The summed E-state index contributed by atoms with van der Waals surface area (Å²) in [6.45, 7) is 23.7. The van der Waals surface area contributed by atoms with Crippen LogP contribution < -0.4 is 0 Å². The van der Waals surface area contributed by atoms with Crippen molar-refractivity contribution in [2.45, 2.75) is 119 Å². The second-order valence-corrected chi connectivity index (χ2v) is 15.8. The standard InChI is InChI=1S/C35H60N2O3/c1-25(9-8-18-36-19-21-37(22-20-36)23-24-38)27-12-16-35(7)29-10-11-30-32(3,4)31(40-26(2)39)14-15-33(30,5)28(29)13-17-34(27,35)6/h25,27,30-31,38H,8-24H2,1-7H3/t25-,27-,30+,31+,33-,34-,35+/m1/s1. The Balaban J connectivity index is 1.26. The molecule has 5 heteroatoms. The van der Waals surface area contributed by atoms with Gasteiger partial charge in [0.1, 0.15) is 6.10 Å². The minimum absolute atomic E-state index is 0.0249. The van der Waals surface area contributed by atoms with E-state index in [0.717, 1.165) is 51.0 Å². The summed E-state index contributed by atoms with van der Waals surface area (Å²) in [5, 5.41) is 9.22. The zero-order valence-electron chi connectivity index (χ0n) is 27.0. The molecule has 5 rings (SSSR count). The first kappa shape index (κ1) is 30.5. The minimum Gasteiger partial charge on any atom is -0.462 e. The SMILES string of the molecule is CC(=O)O[C@H]1CC[C@]2(C)C3=C(CC[C@H]2C1(C)C)[C@]1(C)CC[C@H]([C@H](C)CCCN2CCN(CCO)CC2)[C@@]1(C)CC3. The predicted molar refractivity (Wildman–Crippen MR) is 163 cm³/mol. The molecule has 1 heterocycles. The van der Waals surface area contributed by atoms with Crippen LogP contribution in [0.4, 0.5) is 0 Å². The highest BCUT2D eigenvalue weighted by atomic mass is 16.5. The zero-order valence-corrected chi connectivity index (χ0v) is 27.0. The number of β-amino-alcohol motifs (C(OH)–C–C–N with tert-alkyl or cyclic N) is 1. The van der Waals surface area contributed by atoms with Crippen LogP contribution in [0.15, 0.2) is 11.1 Å². The number of carbonyl (C=O) groups is 1. The van der Waals surface area contributed by atoms with E-state index in [1.807, 2.05) is 11.1 Å². The van der Waals surface area contributed by atoms with Gasteiger partial charge >= 0.3 is 5.97 Å². The molecule has 3 fully saturated rings. The molecule has 5 aliphatic rings. The van der Waals surface area contributed by atoms with Crippen LogP contribution in [0.5, 0.6) is 0 Å². The zero-order chi connectivity index (χ0) is 28.9. The molecule has 0 bridgehead atoms. The lowest BCUT2D eigenvalue weighted by molar-refractivity contribution is -0.167. The third-order valence-corrected chi connectivity index (χ3v) is 13.8. The highest BCUT2D eigenvalue weighted by molar-refractivity contribution is 5.66.